The monoisotopic (exact) mass is 549 g/mol. The van der Waals surface area contributed by atoms with Gasteiger partial charge >= 0.3 is 0 Å². The molecule has 1 fully saturated rings. The molecular weight excluding hydrogens is 525 g/mol. The third-order valence-corrected chi connectivity index (χ3v) is 5.53. The number of aliphatic imine (C=N–C) groups is 1. The van der Waals surface area contributed by atoms with Crippen LogP contribution < -0.4 is 15.5 Å². The number of nitrogens with one attached hydrogen (secondary N) is 2. The van der Waals surface area contributed by atoms with Crippen LogP contribution in [0.15, 0.2) is 39.9 Å². The molecule has 142 valence electrons. The van der Waals surface area contributed by atoms with Crippen LogP contribution in [0.3, 0.4) is 0 Å². The van der Waals surface area contributed by atoms with Crippen molar-refractivity contribution < 1.29 is 0 Å². The Morgan fingerprint density at radius 3 is 2.81 bits per heavy atom. The highest BCUT2D eigenvalue weighted by molar-refractivity contribution is 14.0. The number of hydrogen-bond donors (Lipinski definition) is 2. The number of hydrogen-bond acceptors (Lipinski definition) is 4. The summed E-state index contributed by atoms with van der Waals surface area (Å²) in [6, 6.07) is 8.92. The molecule has 0 radical (unpaired) electrons. The van der Waals surface area contributed by atoms with Gasteiger partial charge in [-0.1, -0.05) is 15.9 Å². The number of aryl methyl sites for hydroxylation is 1. The van der Waals surface area contributed by atoms with Gasteiger partial charge in [-0.25, -0.2) is 9.98 Å². The SMILES string of the molecule is CCNC(=NCc1ncc(C)s1)NC1CCN(c2ccc(Br)cc2)C1.I. The molecule has 2 aromatic rings. The van der Waals surface area contributed by atoms with Crippen molar-refractivity contribution in [3.05, 3.63) is 44.8 Å². The standard InChI is InChI=1S/C18H24BrN5S.HI/c1-3-20-18(22-11-17-21-10-13(2)25-17)23-15-8-9-24(12-15)16-6-4-14(19)5-7-16;/h4-7,10,15H,3,8-9,11-12H2,1-2H3,(H2,20,22,23);1H. The maximum atomic E-state index is 4.69. The van der Waals surface area contributed by atoms with Crippen molar-refractivity contribution in [1.29, 1.82) is 0 Å². The molecule has 2 heterocycles. The minimum Gasteiger partial charge on any atom is -0.369 e. The van der Waals surface area contributed by atoms with Gasteiger partial charge in [0, 0.05) is 46.9 Å². The van der Waals surface area contributed by atoms with Crippen LogP contribution in [0.5, 0.6) is 0 Å². The fraction of sp³-hybridized carbons (Fsp3) is 0.444. The molecule has 1 unspecified atom stereocenters. The molecule has 3 rings (SSSR count). The molecular formula is C18H25BrIN5S. The van der Waals surface area contributed by atoms with Gasteiger partial charge in [0.05, 0.1) is 6.54 Å². The maximum absolute atomic E-state index is 4.69. The minimum absolute atomic E-state index is 0. The number of nitrogens with zero attached hydrogens (tertiary/aromatic N) is 3. The van der Waals surface area contributed by atoms with E-state index in [0.29, 0.717) is 12.6 Å². The van der Waals surface area contributed by atoms with E-state index in [-0.39, 0.29) is 24.0 Å². The molecule has 0 aliphatic carbocycles. The number of anilines is 1. The van der Waals surface area contributed by atoms with Gasteiger partial charge in [0.25, 0.3) is 0 Å². The summed E-state index contributed by atoms with van der Waals surface area (Å²) < 4.78 is 1.11. The van der Waals surface area contributed by atoms with Crippen molar-refractivity contribution in [2.45, 2.75) is 32.9 Å². The molecule has 0 amide bonds. The second-order valence-corrected chi connectivity index (χ2v) is 8.35. The van der Waals surface area contributed by atoms with Gasteiger partial charge in [0.15, 0.2) is 5.96 Å². The highest BCUT2D eigenvalue weighted by atomic mass is 127. The second-order valence-electron chi connectivity index (χ2n) is 6.11. The molecule has 0 bridgehead atoms. The first-order valence-corrected chi connectivity index (χ1v) is 10.2. The largest absolute Gasteiger partial charge is 0.369 e. The number of rotatable bonds is 5. The van der Waals surface area contributed by atoms with E-state index in [9.17, 15) is 0 Å². The van der Waals surface area contributed by atoms with E-state index in [2.05, 4.69) is 79.6 Å². The van der Waals surface area contributed by atoms with Crippen molar-refractivity contribution >= 4 is 62.9 Å². The van der Waals surface area contributed by atoms with Gasteiger partial charge in [0.1, 0.15) is 5.01 Å². The average Bonchev–Trinajstić information content (AvgIpc) is 3.23. The lowest BCUT2D eigenvalue weighted by Gasteiger charge is -2.20. The zero-order valence-corrected chi connectivity index (χ0v) is 19.8. The summed E-state index contributed by atoms with van der Waals surface area (Å²) in [4.78, 5) is 12.7. The van der Waals surface area contributed by atoms with Crippen LogP contribution >= 0.6 is 51.2 Å². The molecule has 26 heavy (non-hydrogen) atoms. The van der Waals surface area contributed by atoms with Crippen LogP contribution in [0.2, 0.25) is 0 Å². The van der Waals surface area contributed by atoms with Crippen molar-refractivity contribution in [2.75, 3.05) is 24.5 Å². The van der Waals surface area contributed by atoms with Crippen molar-refractivity contribution in [2.24, 2.45) is 4.99 Å². The van der Waals surface area contributed by atoms with Crippen LogP contribution in [0, 0.1) is 6.92 Å². The predicted octanol–water partition coefficient (Wildman–Crippen LogP) is 4.17. The lowest BCUT2D eigenvalue weighted by molar-refractivity contribution is 0.649. The van der Waals surface area contributed by atoms with Crippen LogP contribution in [0.1, 0.15) is 23.2 Å². The normalized spacial score (nSPS) is 17.1. The summed E-state index contributed by atoms with van der Waals surface area (Å²) in [6.45, 7) is 7.69. The highest BCUT2D eigenvalue weighted by Crippen LogP contribution is 2.22. The van der Waals surface area contributed by atoms with Crippen molar-refractivity contribution in [3.8, 4) is 0 Å². The van der Waals surface area contributed by atoms with Crippen molar-refractivity contribution in [3.63, 3.8) is 0 Å². The molecule has 1 aromatic heterocycles. The molecule has 1 aliphatic rings. The topological polar surface area (TPSA) is 52.6 Å². The van der Waals surface area contributed by atoms with Crippen LogP contribution in [0.25, 0.3) is 0 Å². The highest BCUT2D eigenvalue weighted by Gasteiger charge is 2.23. The van der Waals surface area contributed by atoms with E-state index in [1.165, 1.54) is 10.6 Å². The first-order chi connectivity index (χ1) is 12.1. The first-order valence-electron chi connectivity index (χ1n) is 8.60. The smallest absolute Gasteiger partial charge is 0.191 e. The number of aromatic nitrogens is 1. The molecule has 5 nitrogen and oxygen atoms in total. The van der Waals surface area contributed by atoms with Gasteiger partial charge in [-0.2, -0.15) is 0 Å². The predicted molar refractivity (Wildman–Crippen MR) is 125 cm³/mol. The second kappa shape index (κ2) is 10.5. The lowest BCUT2D eigenvalue weighted by Crippen LogP contribution is -2.44. The molecule has 0 saturated carbocycles. The Labute approximate surface area is 184 Å². The van der Waals surface area contributed by atoms with Gasteiger partial charge < -0.3 is 15.5 Å². The first kappa shape index (κ1) is 21.4. The molecule has 1 aliphatic heterocycles. The van der Waals surface area contributed by atoms with E-state index < -0.39 is 0 Å². The summed E-state index contributed by atoms with van der Waals surface area (Å²) in [5, 5.41) is 7.96. The van der Waals surface area contributed by atoms with E-state index >= 15 is 0 Å². The molecule has 8 heteroatoms. The third-order valence-electron chi connectivity index (χ3n) is 4.11. The lowest BCUT2D eigenvalue weighted by atomic mass is 10.3. The van der Waals surface area contributed by atoms with Gasteiger partial charge in [-0.15, -0.1) is 35.3 Å². The summed E-state index contributed by atoms with van der Waals surface area (Å²) >= 11 is 5.20. The van der Waals surface area contributed by atoms with Crippen LogP contribution in [-0.4, -0.2) is 36.6 Å². The molecule has 0 spiro atoms. The molecule has 2 N–H and O–H groups in total. The Kier molecular flexibility index (Phi) is 8.62. The average molecular weight is 550 g/mol. The molecule has 1 aromatic carbocycles. The Morgan fingerprint density at radius 2 is 2.15 bits per heavy atom. The summed E-state index contributed by atoms with van der Waals surface area (Å²) in [6.07, 6.45) is 3.01. The Morgan fingerprint density at radius 1 is 1.38 bits per heavy atom. The van der Waals surface area contributed by atoms with Gasteiger partial charge in [-0.3, -0.25) is 0 Å². The maximum Gasteiger partial charge on any atom is 0.191 e. The van der Waals surface area contributed by atoms with E-state index in [4.69, 9.17) is 0 Å². The van der Waals surface area contributed by atoms with E-state index in [1.54, 1.807) is 11.3 Å². The summed E-state index contributed by atoms with van der Waals surface area (Å²) in [5.74, 6) is 0.873. The summed E-state index contributed by atoms with van der Waals surface area (Å²) in [5.41, 5.74) is 1.27. The van der Waals surface area contributed by atoms with Crippen molar-refractivity contribution in [1.82, 2.24) is 15.6 Å². The zero-order chi connectivity index (χ0) is 17.6. The third kappa shape index (κ3) is 6.09. The Hall–Kier alpha value is -0.870. The van der Waals surface area contributed by atoms with E-state index in [0.717, 1.165) is 41.5 Å². The number of benzene rings is 1. The summed E-state index contributed by atoms with van der Waals surface area (Å²) in [7, 11) is 0. The zero-order valence-electron chi connectivity index (χ0n) is 15.0. The minimum atomic E-state index is 0. The fourth-order valence-electron chi connectivity index (χ4n) is 2.90. The van der Waals surface area contributed by atoms with Crippen LogP contribution in [-0.2, 0) is 6.54 Å². The quantitative estimate of drug-likeness (QED) is 0.334. The number of thiazole rings is 1. The Bertz CT molecular complexity index is 719. The van der Waals surface area contributed by atoms with E-state index in [1.807, 2.05) is 6.20 Å². The van der Waals surface area contributed by atoms with Gasteiger partial charge in [-0.05, 0) is 44.5 Å². The van der Waals surface area contributed by atoms with Gasteiger partial charge in [0.2, 0.25) is 0 Å². The number of guanidine groups is 1. The molecule has 1 saturated heterocycles. The Balaban J connectivity index is 0.00000243. The molecule has 1 atom stereocenters. The number of halogens is 2. The van der Waals surface area contributed by atoms with Crippen LogP contribution in [0.4, 0.5) is 5.69 Å². The fourth-order valence-corrected chi connectivity index (χ4v) is 3.88.